The second-order valence-electron chi connectivity index (χ2n) is 6.55. The number of aryl methyl sites for hydroxylation is 1. The molecule has 6 heteroatoms. The molecule has 0 saturated carbocycles. The second kappa shape index (κ2) is 7.32. The van der Waals surface area contributed by atoms with Crippen molar-refractivity contribution in [2.24, 2.45) is 0 Å². The number of nitrogens with one attached hydrogen (secondary N) is 1. The monoisotopic (exact) mass is 377 g/mol. The van der Waals surface area contributed by atoms with Crippen molar-refractivity contribution >= 4 is 28.3 Å². The summed E-state index contributed by atoms with van der Waals surface area (Å²) >= 11 is 1.44. The largest absolute Gasteiger partial charge is 0.333 e. The molecule has 0 bridgehead atoms. The van der Waals surface area contributed by atoms with Crippen LogP contribution in [0.15, 0.2) is 54.6 Å². The first-order chi connectivity index (χ1) is 13.1. The van der Waals surface area contributed by atoms with Crippen LogP contribution in [-0.2, 0) is 13.0 Å². The highest BCUT2D eigenvalue weighted by Crippen LogP contribution is 2.29. The summed E-state index contributed by atoms with van der Waals surface area (Å²) in [6, 6.07) is 16.7. The lowest BCUT2D eigenvalue weighted by molar-refractivity contribution is 0.0736. The maximum atomic E-state index is 12.6. The predicted octanol–water partition coefficient (Wildman–Crippen LogP) is 3.90. The minimum absolute atomic E-state index is 0.0277. The molecule has 0 fully saturated rings. The van der Waals surface area contributed by atoms with E-state index in [9.17, 15) is 9.59 Å². The van der Waals surface area contributed by atoms with Gasteiger partial charge in [-0.05, 0) is 31.2 Å². The highest BCUT2D eigenvalue weighted by atomic mass is 32.1. The Hall–Kier alpha value is -2.99. The normalized spacial score (nSPS) is 13.1. The van der Waals surface area contributed by atoms with Crippen molar-refractivity contribution in [3.05, 3.63) is 81.9 Å². The van der Waals surface area contributed by atoms with Crippen molar-refractivity contribution in [1.82, 2.24) is 9.88 Å². The Bertz CT molecular complexity index is 980. The Balaban J connectivity index is 1.46. The average Bonchev–Trinajstić information content (AvgIpc) is 3.10. The van der Waals surface area contributed by atoms with Crippen molar-refractivity contribution < 1.29 is 9.59 Å². The molecule has 0 saturated heterocycles. The van der Waals surface area contributed by atoms with Gasteiger partial charge in [0.15, 0.2) is 5.13 Å². The maximum Gasteiger partial charge on any atom is 0.257 e. The number of fused-ring (bicyclic) bond motifs is 1. The molecule has 0 aliphatic carbocycles. The first-order valence-electron chi connectivity index (χ1n) is 8.81. The van der Waals surface area contributed by atoms with Crippen LogP contribution in [0.3, 0.4) is 0 Å². The molecule has 0 unspecified atom stereocenters. The van der Waals surface area contributed by atoms with E-state index in [1.54, 1.807) is 12.1 Å². The lowest BCUT2D eigenvalue weighted by Gasteiger charge is -2.26. The summed E-state index contributed by atoms with van der Waals surface area (Å²) in [5.41, 5.74) is 3.38. The van der Waals surface area contributed by atoms with Gasteiger partial charge in [-0.2, -0.15) is 0 Å². The van der Waals surface area contributed by atoms with Crippen LogP contribution in [0.2, 0.25) is 0 Å². The molecule has 0 radical (unpaired) electrons. The molecule has 1 aliphatic rings. The molecule has 3 aromatic rings. The summed E-state index contributed by atoms with van der Waals surface area (Å²) in [6.07, 6.45) is 0.699. The molecule has 136 valence electrons. The Morgan fingerprint density at radius 3 is 2.52 bits per heavy atom. The van der Waals surface area contributed by atoms with Crippen LogP contribution in [-0.4, -0.2) is 28.2 Å². The third-order valence-electron chi connectivity index (χ3n) is 4.57. The van der Waals surface area contributed by atoms with Crippen LogP contribution in [0, 0.1) is 6.92 Å². The minimum atomic E-state index is -0.168. The molecule has 2 heterocycles. The zero-order valence-electron chi connectivity index (χ0n) is 14.9. The van der Waals surface area contributed by atoms with Crippen LogP contribution in [0.5, 0.6) is 0 Å². The van der Waals surface area contributed by atoms with Gasteiger partial charge in [-0.25, -0.2) is 4.98 Å². The number of carbonyl (C=O) groups is 2. The molecule has 4 rings (SSSR count). The van der Waals surface area contributed by atoms with Crippen molar-refractivity contribution in [3.63, 3.8) is 0 Å². The highest BCUT2D eigenvalue weighted by Gasteiger charge is 2.25. The fourth-order valence-electron chi connectivity index (χ4n) is 3.06. The van der Waals surface area contributed by atoms with E-state index in [1.807, 2.05) is 54.3 Å². The number of carbonyl (C=O) groups excluding carboxylic acids is 2. The number of amides is 2. The number of anilines is 1. The van der Waals surface area contributed by atoms with Crippen molar-refractivity contribution in [3.8, 4) is 0 Å². The quantitative estimate of drug-likeness (QED) is 0.753. The van der Waals surface area contributed by atoms with Gasteiger partial charge in [0.25, 0.3) is 11.8 Å². The van der Waals surface area contributed by atoms with Gasteiger partial charge in [0.2, 0.25) is 0 Å². The molecule has 1 N–H and O–H groups in total. The van der Waals surface area contributed by atoms with Gasteiger partial charge in [0.1, 0.15) is 0 Å². The van der Waals surface area contributed by atoms with Gasteiger partial charge < -0.3 is 4.90 Å². The van der Waals surface area contributed by atoms with E-state index >= 15 is 0 Å². The van der Waals surface area contributed by atoms with Gasteiger partial charge in [-0.15, -0.1) is 0 Å². The van der Waals surface area contributed by atoms with Gasteiger partial charge in [0.05, 0.1) is 12.2 Å². The van der Waals surface area contributed by atoms with Crippen LogP contribution in [0.1, 0.15) is 36.9 Å². The fourth-order valence-corrected chi connectivity index (χ4v) is 4.08. The lowest BCUT2D eigenvalue weighted by Crippen LogP contribution is -2.35. The molecular weight excluding hydrogens is 358 g/mol. The Morgan fingerprint density at radius 1 is 1.04 bits per heavy atom. The van der Waals surface area contributed by atoms with Crippen LogP contribution in [0.4, 0.5) is 5.13 Å². The summed E-state index contributed by atoms with van der Waals surface area (Å²) in [4.78, 5) is 32.4. The Kier molecular flexibility index (Phi) is 4.73. The van der Waals surface area contributed by atoms with Crippen molar-refractivity contribution in [2.75, 3.05) is 11.9 Å². The second-order valence-corrected chi connectivity index (χ2v) is 7.64. The van der Waals surface area contributed by atoms with Gasteiger partial charge in [-0.3, -0.25) is 14.9 Å². The van der Waals surface area contributed by atoms with E-state index < -0.39 is 0 Å². The number of nitrogens with zero attached hydrogens (tertiary/aromatic N) is 2. The van der Waals surface area contributed by atoms with Gasteiger partial charge >= 0.3 is 0 Å². The minimum Gasteiger partial charge on any atom is -0.333 e. The zero-order valence-corrected chi connectivity index (χ0v) is 15.8. The van der Waals surface area contributed by atoms with E-state index in [-0.39, 0.29) is 11.8 Å². The summed E-state index contributed by atoms with van der Waals surface area (Å²) in [5.74, 6) is -0.141. The summed E-state index contributed by atoms with van der Waals surface area (Å²) in [7, 11) is 0. The number of rotatable bonds is 3. The van der Waals surface area contributed by atoms with E-state index in [4.69, 9.17) is 0 Å². The number of hydrogen-bond donors (Lipinski definition) is 1. The predicted molar refractivity (Wildman–Crippen MR) is 106 cm³/mol. The number of hydrogen-bond acceptors (Lipinski definition) is 4. The van der Waals surface area contributed by atoms with Crippen LogP contribution < -0.4 is 5.32 Å². The van der Waals surface area contributed by atoms with E-state index in [0.717, 1.165) is 16.1 Å². The molecular formula is C21H19N3O2S. The summed E-state index contributed by atoms with van der Waals surface area (Å²) in [6.45, 7) is 3.15. The zero-order chi connectivity index (χ0) is 18.8. The Labute approximate surface area is 161 Å². The molecule has 0 spiro atoms. The molecule has 27 heavy (non-hydrogen) atoms. The first-order valence-corrected chi connectivity index (χ1v) is 9.63. The highest BCUT2D eigenvalue weighted by molar-refractivity contribution is 7.15. The molecule has 1 aromatic heterocycles. The molecule has 0 atom stereocenters. The van der Waals surface area contributed by atoms with Crippen LogP contribution in [0.25, 0.3) is 0 Å². The summed E-state index contributed by atoms with van der Waals surface area (Å²) in [5, 5.41) is 3.46. The van der Waals surface area contributed by atoms with E-state index in [1.165, 1.54) is 11.3 Å². The third-order valence-corrected chi connectivity index (χ3v) is 5.57. The van der Waals surface area contributed by atoms with E-state index in [0.29, 0.717) is 35.8 Å². The van der Waals surface area contributed by atoms with Crippen LogP contribution >= 0.6 is 11.3 Å². The Morgan fingerprint density at radius 2 is 1.78 bits per heavy atom. The van der Waals surface area contributed by atoms with Crippen molar-refractivity contribution in [2.45, 2.75) is 19.9 Å². The standard InChI is InChI=1S/C21H19N3O2S/c1-14-7-9-15(10-8-14)19(25)23-21-22-17-11-12-24(13-18(17)27-21)20(26)16-5-3-2-4-6-16/h2-10H,11-13H2,1H3,(H,22,23,25). The third kappa shape index (κ3) is 3.75. The number of aromatic nitrogens is 1. The van der Waals surface area contributed by atoms with E-state index in [2.05, 4.69) is 10.3 Å². The first kappa shape index (κ1) is 17.4. The number of benzene rings is 2. The smallest absolute Gasteiger partial charge is 0.257 e. The van der Waals surface area contributed by atoms with Gasteiger partial charge in [0, 0.05) is 29.0 Å². The topological polar surface area (TPSA) is 62.3 Å². The maximum absolute atomic E-state index is 12.6. The molecule has 2 amide bonds. The lowest BCUT2D eigenvalue weighted by atomic mass is 10.1. The summed E-state index contributed by atoms with van der Waals surface area (Å²) < 4.78 is 0. The molecule has 2 aromatic carbocycles. The van der Waals surface area contributed by atoms with Gasteiger partial charge in [-0.1, -0.05) is 47.2 Å². The SMILES string of the molecule is Cc1ccc(C(=O)Nc2nc3c(s2)CN(C(=O)c2ccccc2)CC3)cc1. The number of thiazole rings is 1. The average molecular weight is 377 g/mol. The molecule has 1 aliphatic heterocycles. The molecule has 5 nitrogen and oxygen atoms in total. The fraction of sp³-hybridized carbons (Fsp3) is 0.190. The van der Waals surface area contributed by atoms with Crippen molar-refractivity contribution in [1.29, 1.82) is 0 Å².